The molecule has 1 heterocycles. The van der Waals surface area contributed by atoms with Crippen LogP contribution in [0.25, 0.3) is 10.9 Å². The van der Waals surface area contributed by atoms with E-state index in [2.05, 4.69) is 64.6 Å². The highest BCUT2D eigenvalue weighted by Gasteiger charge is 2.07. The minimum atomic E-state index is -0.129. The lowest BCUT2D eigenvalue weighted by atomic mass is 10.1. The Morgan fingerprint density at radius 3 is 2.45 bits per heavy atom. The summed E-state index contributed by atoms with van der Waals surface area (Å²) < 4.78 is 2.22. The third-order valence-electron chi connectivity index (χ3n) is 4.89. The first-order valence-corrected chi connectivity index (χ1v) is 9.68. The molecule has 4 rings (SSSR count). The molecule has 0 bridgehead atoms. The summed E-state index contributed by atoms with van der Waals surface area (Å²) in [5.74, 6) is -0.129. The molecule has 0 fully saturated rings. The van der Waals surface area contributed by atoms with E-state index in [1.54, 1.807) is 6.21 Å². The molecule has 144 valence electrons. The number of nitrogens with zero attached hydrogens (tertiary/aromatic N) is 2. The molecular formula is C25H23N3O. The van der Waals surface area contributed by atoms with E-state index in [-0.39, 0.29) is 5.91 Å². The van der Waals surface area contributed by atoms with Crippen molar-refractivity contribution in [1.29, 1.82) is 0 Å². The van der Waals surface area contributed by atoms with Gasteiger partial charge in [-0.15, -0.1) is 0 Å². The Balaban J connectivity index is 1.50. The largest absolute Gasteiger partial charge is 0.342 e. The Bertz CT molecular complexity index is 1140. The highest BCUT2D eigenvalue weighted by molar-refractivity contribution is 5.99. The maximum Gasteiger partial charge on any atom is 0.244 e. The number of aromatic nitrogens is 1. The second-order valence-electron chi connectivity index (χ2n) is 7.17. The number of carbonyl (C=O) groups is 1. The Morgan fingerprint density at radius 1 is 0.931 bits per heavy atom. The smallest absolute Gasteiger partial charge is 0.244 e. The molecule has 0 saturated heterocycles. The minimum absolute atomic E-state index is 0.129. The fraction of sp³-hybridized carbons (Fsp3) is 0.120. The summed E-state index contributed by atoms with van der Waals surface area (Å²) >= 11 is 0. The van der Waals surface area contributed by atoms with Crippen molar-refractivity contribution in [2.75, 3.05) is 0 Å². The van der Waals surface area contributed by atoms with Gasteiger partial charge in [-0.1, -0.05) is 78.4 Å². The Kier molecular flexibility index (Phi) is 5.52. The lowest BCUT2D eigenvalue weighted by molar-refractivity contribution is -0.120. The molecule has 0 radical (unpaired) electrons. The van der Waals surface area contributed by atoms with Gasteiger partial charge < -0.3 is 4.57 Å². The molecule has 0 aliphatic heterocycles. The van der Waals surface area contributed by atoms with Gasteiger partial charge in [0.05, 0.1) is 12.6 Å². The third kappa shape index (κ3) is 4.61. The van der Waals surface area contributed by atoms with E-state index < -0.39 is 0 Å². The van der Waals surface area contributed by atoms with E-state index in [1.807, 2.05) is 42.5 Å². The Hall–Kier alpha value is -3.66. The summed E-state index contributed by atoms with van der Waals surface area (Å²) in [4.78, 5) is 12.1. The molecule has 0 unspecified atom stereocenters. The molecule has 0 saturated carbocycles. The van der Waals surface area contributed by atoms with Gasteiger partial charge in [0.2, 0.25) is 5.91 Å². The molecule has 29 heavy (non-hydrogen) atoms. The van der Waals surface area contributed by atoms with Gasteiger partial charge in [-0.05, 0) is 24.1 Å². The van der Waals surface area contributed by atoms with Crippen LogP contribution in [-0.4, -0.2) is 16.7 Å². The second kappa shape index (κ2) is 8.57. The lowest BCUT2D eigenvalue weighted by Crippen LogP contribution is -2.19. The first-order chi connectivity index (χ1) is 14.2. The van der Waals surface area contributed by atoms with Crippen molar-refractivity contribution < 1.29 is 4.79 Å². The van der Waals surface area contributed by atoms with Crippen LogP contribution in [0.15, 0.2) is 90.2 Å². The number of benzene rings is 3. The highest BCUT2D eigenvalue weighted by Crippen LogP contribution is 2.21. The standard InChI is InChI=1S/C25H23N3O/c1-19-11-13-21(14-12-19)17-28-18-22(23-9-5-6-10-24(23)28)16-26-27-25(29)15-20-7-3-2-4-8-20/h2-14,16,18H,15,17H2,1H3,(H,27,29)/b26-16-. The number of fused-ring (bicyclic) bond motifs is 1. The van der Waals surface area contributed by atoms with Crippen molar-refractivity contribution in [1.82, 2.24) is 9.99 Å². The number of hydrogen-bond acceptors (Lipinski definition) is 2. The fourth-order valence-corrected chi connectivity index (χ4v) is 3.39. The molecule has 4 aromatic rings. The summed E-state index contributed by atoms with van der Waals surface area (Å²) in [5.41, 5.74) is 8.22. The Morgan fingerprint density at radius 2 is 1.66 bits per heavy atom. The molecule has 1 N–H and O–H groups in total. The minimum Gasteiger partial charge on any atom is -0.342 e. The van der Waals surface area contributed by atoms with Gasteiger partial charge in [-0.2, -0.15) is 5.10 Å². The predicted molar refractivity (Wildman–Crippen MR) is 118 cm³/mol. The van der Waals surface area contributed by atoms with Gasteiger partial charge in [0.25, 0.3) is 0 Å². The van der Waals surface area contributed by atoms with Gasteiger partial charge >= 0.3 is 0 Å². The number of nitrogens with one attached hydrogen (secondary N) is 1. The topological polar surface area (TPSA) is 46.4 Å². The van der Waals surface area contributed by atoms with E-state index >= 15 is 0 Å². The molecule has 0 spiro atoms. The average Bonchev–Trinajstić information content (AvgIpc) is 3.08. The molecule has 1 amide bonds. The molecule has 0 aliphatic rings. The first-order valence-electron chi connectivity index (χ1n) is 9.68. The van der Waals surface area contributed by atoms with E-state index in [9.17, 15) is 4.79 Å². The molecule has 0 aliphatic carbocycles. The maximum atomic E-state index is 12.1. The van der Waals surface area contributed by atoms with Crippen LogP contribution in [0.2, 0.25) is 0 Å². The highest BCUT2D eigenvalue weighted by atomic mass is 16.2. The van der Waals surface area contributed by atoms with Crippen LogP contribution in [0.5, 0.6) is 0 Å². The van der Waals surface area contributed by atoms with Gasteiger partial charge in [0, 0.05) is 29.2 Å². The van der Waals surface area contributed by atoms with Crippen molar-refractivity contribution in [3.63, 3.8) is 0 Å². The van der Waals surface area contributed by atoms with Crippen molar-refractivity contribution in [2.24, 2.45) is 5.10 Å². The van der Waals surface area contributed by atoms with Gasteiger partial charge in [-0.3, -0.25) is 4.79 Å². The SMILES string of the molecule is Cc1ccc(Cn2cc(/C=N\NC(=O)Cc3ccccc3)c3ccccc32)cc1. The van der Waals surface area contributed by atoms with E-state index in [1.165, 1.54) is 11.1 Å². The van der Waals surface area contributed by atoms with Crippen LogP contribution >= 0.6 is 0 Å². The summed E-state index contributed by atoms with van der Waals surface area (Å²) in [6, 6.07) is 26.5. The zero-order valence-corrected chi connectivity index (χ0v) is 16.4. The van der Waals surface area contributed by atoms with E-state index in [0.717, 1.165) is 28.6 Å². The van der Waals surface area contributed by atoms with Crippen molar-refractivity contribution in [3.8, 4) is 0 Å². The number of hydrogen-bond donors (Lipinski definition) is 1. The second-order valence-corrected chi connectivity index (χ2v) is 7.17. The molecule has 3 aromatic carbocycles. The number of para-hydroxylation sites is 1. The monoisotopic (exact) mass is 381 g/mol. The van der Waals surface area contributed by atoms with Gasteiger partial charge in [0.15, 0.2) is 0 Å². The first kappa shape index (κ1) is 18.7. The van der Waals surface area contributed by atoms with Crippen LogP contribution in [0.4, 0.5) is 0 Å². The van der Waals surface area contributed by atoms with Crippen LogP contribution in [-0.2, 0) is 17.8 Å². The van der Waals surface area contributed by atoms with E-state index in [4.69, 9.17) is 0 Å². The van der Waals surface area contributed by atoms with Crippen LogP contribution in [0.3, 0.4) is 0 Å². The average molecular weight is 381 g/mol. The molecular weight excluding hydrogens is 358 g/mol. The Labute approximate surface area is 170 Å². The molecule has 1 aromatic heterocycles. The number of amides is 1. The lowest BCUT2D eigenvalue weighted by Gasteiger charge is -2.06. The van der Waals surface area contributed by atoms with Crippen LogP contribution < -0.4 is 5.43 Å². The molecule has 4 nitrogen and oxygen atoms in total. The third-order valence-corrected chi connectivity index (χ3v) is 4.89. The maximum absolute atomic E-state index is 12.1. The van der Waals surface area contributed by atoms with Gasteiger partial charge in [0.1, 0.15) is 0 Å². The summed E-state index contributed by atoms with van der Waals surface area (Å²) in [6.07, 6.45) is 4.11. The number of carbonyl (C=O) groups excluding carboxylic acids is 1. The fourth-order valence-electron chi connectivity index (χ4n) is 3.39. The van der Waals surface area contributed by atoms with Gasteiger partial charge in [-0.25, -0.2) is 5.43 Å². The summed E-state index contributed by atoms with van der Waals surface area (Å²) in [5, 5.41) is 5.29. The summed E-state index contributed by atoms with van der Waals surface area (Å²) in [7, 11) is 0. The van der Waals surface area contributed by atoms with Crippen molar-refractivity contribution in [3.05, 3.63) is 107 Å². The molecule has 4 heteroatoms. The predicted octanol–water partition coefficient (Wildman–Crippen LogP) is 4.69. The zero-order valence-electron chi connectivity index (χ0n) is 16.4. The zero-order chi connectivity index (χ0) is 20.1. The summed E-state index contributed by atoms with van der Waals surface area (Å²) in [6.45, 7) is 2.88. The normalized spacial score (nSPS) is 11.2. The van der Waals surface area contributed by atoms with Crippen molar-refractivity contribution >= 4 is 23.0 Å². The number of aryl methyl sites for hydroxylation is 1. The van der Waals surface area contributed by atoms with Crippen molar-refractivity contribution in [2.45, 2.75) is 19.9 Å². The quantitative estimate of drug-likeness (QED) is 0.382. The van der Waals surface area contributed by atoms with Crippen LogP contribution in [0, 0.1) is 6.92 Å². The molecule has 0 atom stereocenters. The van der Waals surface area contributed by atoms with Crippen LogP contribution in [0.1, 0.15) is 22.3 Å². The van der Waals surface area contributed by atoms with E-state index in [0.29, 0.717) is 6.42 Å². The number of rotatable bonds is 6. The number of hydrazone groups is 1.